The summed E-state index contributed by atoms with van der Waals surface area (Å²) in [6.45, 7) is 11.3. The summed E-state index contributed by atoms with van der Waals surface area (Å²) in [6, 6.07) is 0. The van der Waals surface area contributed by atoms with E-state index >= 15 is 0 Å². The second-order valence-electron chi connectivity index (χ2n) is 4.92. The fraction of sp³-hybridized carbons (Fsp3) is 1.00. The van der Waals surface area contributed by atoms with Crippen LogP contribution in [0.4, 0.5) is 0 Å². The largest absolute Gasteiger partial charge is 0.393 e. The molecule has 118 valence electrons. The Morgan fingerprint density at radius 1 is 0.600 bits per heavy atom. The van der Waals surface area contributed by atoms with Gasteiger partial charge in [0.15, 0.2) is 0 Å². The van der Waals surface area contributed by atoms with E-state index < -0.39 is 18.6 Å². The molecule has 0 aromatic carbocycles. The second kappa shape index (κ2) is 10.9. The van der Waals surface area contributed by atoms with Crippen LogP contribution in [0.5, 0.6) is 0 Å². The van der Waals surface area contributed by atoms with E-state index in [-0.39, 0.29) is 0 Å². The Kier molecular flexibility index (Phi) is 10.0. The fourth-order valence-electron chi connectivity index (χ4n) is 2.69. The molecule has 1 aliphatic carbocycles. The van der Waals surface area contributed by atoms with Crippen LogP contribution in [0, 0.1) is 0 Å². The Hall–Kier alpha value is 0.274. The summed E-state index contributed by atoms with van der Waals surface area (Å²) >= 11 is 0. The number of hydrogen-bond acceptors (Lipinski definition) is 4. The van der Waals surface area contributed by atoms with Gasteiger partial charge in [0.1, 0.15) is 0 Å². The van der Waals surface area contributed by atoms with Gasteiger partial charge >= 0.3 is 18.6 Å². The zero-order valence-corrected chi connectivity index (χ0v) is 15.4. The van der Waals surface area contributed by atoms with Gasteiger partial charge in [-0.3, -0.25) is 0 Å². The van der Waals surface area contributed by atoms with Crippen molar-refractivity contribution >= 4 is 18.6 Å². The molecule has 0 heterocycles. The molecule has 0 aliphatic heterocycles. The minimum absolute atomic E-state index is 0.627. The molecule has 20 heavy (non-hydrogen) atoms. The quantitative estimate of drug-likeness (QED) is 0.578. The maximum absolute atomic E-state index is 5.84. The average molecular weight is 319 g/mol. The molecule has 2 radical (unpaired) electrons. The minimum atomic E-state index is -1.09. The van der Waals surface area contributed by atoms with Gasteiger partial charge < -0.3 is 17.7 Å². The highest BCUT2D eigenvalue weighted by Crippen LogP contribution is 2.40. The highest BCUT2D eigenvalue weighted by Gasteiger charge is 2.37. The highest BCUT2D eigenvalue weighted by molar-refractivity contribution is 6.47. The maximum atomic E-state index is 5.84. The molecule has 1 aliphatic rings. The van der Waals surface area contributed by atoms with Crippen LogP contribution in [0.2, 0.25) is 11.1 Å². The standard InChI is InChI=1S/C14H30O4Si2/c1-5-15-19(16-6-2)13-9-11-14(12-10-13)20(17-7-3)18-8-4/h13-14H,5-12H2,1-4H3. The van der Waals surface area contributed by atoms with E-state index in [2.05, 4.69) is 27.7 Å². The smallest absolute Gasteiger partial charge is 0.388 e. The van der Waals surface area contributed by atoms with Crippen molar-refractivity contribution in [3.05, 3.63) is 0 Å². The molecule has 1 rings (SSSR count). The van der Waals surface area contributed by atoms with Crippen LogP contribution < -0.4 is 0 Å². The van der Waals surface area contributed by atoms with Crippen LogP contribution in [0.3, 0.4) is 0 Å². The van der Waals surface area contributed by atoms with Crippen molar-refractivity contribution in [2.75, 3.05) is 26.4 Å². The van der Waals surface area contributed by atoms with Gasteiger partial charge in [-0.05, 0) is 53.4 Å². The van der Waals surface area contributed by atoms with Crippen molar-refractivity contribution in [2.24, 2.45) is 0 Å². The van der Waals surface area contributed by atoms with Gasteiger partial charge in [-0.25, -0.2) is 0 Å². The predicted molar refractivity (Wildman–Crippen MR) is 84.0 cm³/mol. The maximum Gasteiger partial charge on any atom is 0.388 e. The van der Waals surface area contributed by atoms with Gasteiger partial charge in [0.25, 0.3) is 0 Å². The molecule has 0 bridgehead atoms. The third-order valence-electron chi connectivity index (χ3n) is 3.54. The normalized spacial score (nSPS) is 23.7. The van der Waals surface area contributed by atoms with E-state index in [1.807, 2.05) is 0 Å². The lowest BCUT2D eigenvalue weighted by Gasteiger charge is -2.33. The van der Waals surface area contributed by atoms with E-state index in [0.29, 0.717) is 11.1 Å². The van der Waals surface area contributed by atoms with Gasteiger partial charge in [0, 0.05) is 37.5 Å². The van der Waals surface area contributed by atoms with Crippen LogP contribution in [-0.4, -0.2) is 45.0 Å². The van der Waals surface area contributed by atoms with Crippen LogP contribution in [-0.2, 0) is 17.7 Å². The lowest BCUT2D eigenvalue weighted by molar-refractivity contribution is 0.181. The first kappa shape index (κ1) is 18.3. The predicted octanol–water partition coefficient (Wildman–Crippen LogP) is 3.42. The Morgan fingerprint density at radius 3 is 1.05 bits per heavy atom. The summed E-state index contributed by atoms with van der Waals surface area (Å²) in [5, 5.41) is 0. The van der Waals surface area contributed by atoms with Crippen molar-refractivity contribution in [3.8, 4) is 0 Å². The van der Waals surface area contributed by atoms with Crippen molar-refractivity contribution in [1.82, 2.24) is 0 Å². The first-order chi connectivity index (χ1) is 9.76. The van der Waals surface area contributed by atoms with Gasteiger partial charge in [0.05, 0.1) is 0 Å². The molecule has 0 spiro atoms. The lowest BCUT2D eigenvalue weighted by atomic mass is 9.99. The summed E-state index contributed by atoms with van der Waals surface area (Å²) < 4.78 is 23.4. The van der Waals surface area contributed by atoms with Gasteiger partial charge in [0.2, 0.25) is 0 Å². The summed E-state index contributed by atoms with van der Waals surface area (Å²) in [4.78, 5) is 0. The SMILES string of the molecule is CCO[Si](OCC)C1CCC([Si](OCC)OCC)CC1. The van der Waals surface area contributed by atoms with Crippen molar-refractivity contribution in [2.45, 2.75) is 64.5 Å². The van der Waals surface area contributed by atoms with Crippen LogP contribution >= 0.6 is 0 Å². The van der Waals surface area contributed by atoms with Gasteiger partial charge in [-0.1, -0.05) is 0 Å². The van der Waals surface area contributed by atoms with Crippen LogP contribution in [0.25, 0.3) is 0 Å². The second-order valence-corrected chi connectivity index (χ2v) is 8.98. The van der Waals surface area contributed by atoms with Crippen molar-refractivity contribution in [3.63, 3.8) is 0 Å². The summed E-state index contributed by atoms with van der Waals surface area (Å²) in [6.07, 6.45) is 4.81. The summed E-state index contributed by atoms with van der Waals surface area (Å²) in [5.41, 5.74) is 1.25. The lowest BCUT2D eigenvalue weighted by Crippen LogP contribution is -2.35. The molecule has 0 unspecified atom stereocenters. The first-order valence-corrected chi connectivity index (χ1v) is 10.8. The Balaban J connectivity index is 2.43. The van der Waals surface area contributed by atoms with E-state index in [4.69, 9.17) is 17.7 Å². The van der Waals surface area contributed by atoms with E-state index in [9.17, 15) is 0 Å². The summed E-state index contributed by atoms with van der Waals surface area (Å²) in [7, 11) is -2.18. The van der Waals surface area contributed by atoms with Crippen LogP contribution in [0.1, 0.15) is 53.4 Å². The van der Waals surface area contributed by atoms with Gasteiger partial charge in [-0.15, -0.1) is 0 Å². The van der Waals surface area contributed by atoms with Crippen LogP contribution in [0.15, 0.2) is 0 Å². The molecular weight excluding hydrogens is 288 g/mol. The zero-order chi connectivity index (χ0) is 14.8. The molecular formula is C14H30O4Si2. The Labute approximate surface area is 127 Å². The van der Waals surface area contributed by atoms with Gasteiger partial charge in [-0.2, -0.15) is 0 Å². The van der Waals surface area contributed by atoms with E-state index in [0.717, 1.165) is 26.4 Å². The molecule has 0 atom stereocenters. The van der Waals surface area contributed by atoms with E-state index in [1.54, 1.807) is 0 Å². The van der Waals surface area contributed by atoms with Crippen molar-refractivity contribution in [1.29, 1.82) is 0 Å². The molecule has 0 aromatic heterocycles. The molecule has 1 saturated carbocycles. The molecule has 0 aromatic rings. The molecule has 1 fully saturated rings. The molecule has 0 amide bonds. The third kappa shape index (κ3) is 5.95. The monoisotopic (exact) mass is 318 g/mol. The molecule has 6 heteroatoms. The first-order valence-electron chi connectivity index (χ1n) is 8.01. The Morgan fingerprint density at radius 2 is 0.850 bits per heavy atom. The Bertz CT molecular complexity index is 199. The highest BCUT2D eigenvalue weighted by atomic mass is 28.3. The number of rotatable bonds is 10. The molecule has 4 nitrogen and oxygen atoms in total. The summed E-state index contributed by atoms with van der Waals surface area (Å²) in [5.74, 6) is 0. The van der Waals surface area contributed by atoms with Crippen molar-refractivity contribution < 1.29 is 17.7 Å². The topological polar surface area (TPSA) is 36.9 Å². The number of hydrogen-bond donors (Lipinski definition) is 0. The minimum Gasteiger partial charge on any atom is -0.393 e. The average Bonchev–Trinajstić information content (AvgIpc) is 2.47. The van der Waals surface area contributed by atoms with E-state index in [1.165, 1.54) is 25.7 Å². The fourth-order valence-corrected chi connectivity index (χ4v) is 6.55. The molecule has 0 N–H and O–H groups in total. The molecule has 0 saturated heterocycles. The zero-order valence-electron chi connectivity index (χ0n) is 13.4. The third-order valence-corrected chi connectivity index (χ3v) is 8.32.